The van der Waals surface area contributed by atoms with Gasteiger partial charge in [0, 0.05) is 5.56 Å². The molecule has 0 aromatic heterocycles. The van der Waals surface area contributed by atoms with Gasteiger partial charge in [0.05, 0.1) is 12.5 Å². The van der Waals surface area contributed by atoms with Crippen molar-refractivity contribution in [2.45, 2.75) is 70.4 Å². The van der Waals surface area contributed by atoms with E-state index in [0.29, 0.717) is 18.6 Å². The standard InChI is InChI=1S/C27H35NO5Si/c1-7-31-24(29)26(17-18-26)27(30)22(19-11-9-8-10-12-19)23(28-33-27)20-13-15-21(16-14-20)32-34(5,6)25(2,3)4/h8-16,22,30H,7,17-18H2,1-6H3. The number of benzene rings is 2. The number of oxime groups is 1. The van der Waals surface area contributed by atoms with E-state index in [4.69, 9.17) is 14.0 Å². The molecule has 0 spiro atoms. The molecule has 2 aromatic carbocycles. The van der Waals surface area contributed by atoms with E-state index >= 15 is 0 Å². The molecule has 182 valence electrons. The molecular weight excluding hydrogens is 446 g/mol. The van der Waals surface area contributed by atoms with Crippen molar-refractivity contribution < 1.29 is 23.9 Å². The average Bonchev–Trinajstić information content (AvgIpc) is 3.53. The molecule has 1 fully saturated rings. The first-order chi connectivity index (χ1) is 16.0. The van der Waals surface area contributed by atoms with Crippen LogP contribution in [-0.2, 0) is 14.4 Å². The van der Waals surface area contributed by atoms with E-state index in [0.717, 1.165) is 16.9 Å². The highest BCUT2D eigenvalue weighted by molar-refractivity contribution is 6.74. The first-order valence-corrected chi connectivity index (χ1v) is 14.9. The summed E-state index contributed by atoms with van der Waals surface area (Å²) in [5, 5.41) is 16.3. The second kappa shape index (κ2) is 8.54. The molecule has 1 heterocycles. The minimum absolute atomic E-state index is 0.0929. The Bertz CT molecular complexity index is 1070. The van der Waals surface area contributed by atoms with Gasteiger partial charge in [0.25, 0.3) is 5.79 Å². The summed E-state index contributed by atoms with van der Waals surface area (Å²) in [4.78, 5) is 18.6. The van der Waals surface area contributed by atoms with Crippen LogP contribution < -0.4 is 4.43 Å². The molecule has 2 unspecified atom stereocenters. The second-order valence-corrected chi connectivity index (χ2v) is 15.5. The zero-order valence-corrected chi connectivity index (χ0v) is 21.9. The molecule has 1 saturated carbocycles. The zero-order chi connectivity index (χ0) is 24.8. The lowest BCUT2D eigenvalue weighted by molar-refractivity contribution is -0.243. The normalized spacial score (nSPS) is 23.6. The van der Waals surface area contributed by atoms with E-state index in [1.54, 1.807) is 6.92 Å². The van der Waals surface area contributed by atoms with Gasteiger partial charge in [0.2, 0.25) is 8.32 Å². The van der Waals surface area contributed by atoms with Crippen LogP contribution in [0.25, 0.3) is 0 Å². The summed E-state index contributed by atoms with van der Waals surface area (Å²) in [6.07, 6.45) is 0.988. The Labute approximate surface area is 203 Å². The molecule has 34 heavy (non-hydrogen) atoms. The zero-order valence-electron chi connectivity index (χ0n) is 20.9. The summed E-state index contributed by atoms with van der Waals surface area (Å²) in [7, 11) is -1.97. The summed E-state index contributed by atoms with van der Waals surface area (Å²) in [6, 6.07) is 17.3. The Kier molecular flexibility index (Phi) is 6.15. The number of ether oxygens (including phenoxy) is 1. The lowest BCUT2D eigenvalue weighted by Gasteiger charge is -2.36. The van der Waals surface area contributed by atoms with Gasteiger partial charge in [-0.3, -0.25) is 4.79 Å². The molecule has 0 amide bonds. The van der Waals surface area contributed by atoms with Crippen molar-refractivity contribution in [1.29, 1.82) is 0 Å². The molecule has 2 atom stereocenters. The third kappa shape index (κ3) is 4.05. The fourth-order valence-corrected chi connectivity index (χ4v) is 5.30. The lowest BCUT2D eigenvalue weighted by Crippen LogP contribution is -2.50. The van der Waals surface area contributed by atoms with Crippen LogP contribution in [0.5, 0.6) is 5.75 Å². The van der Waals surface area contributed by atoms with E-state index in [2.05, 4.69) is 39.0 Å². The minimum Gasteiger partial charge on any atom is -0.544 e. The van der Waals surface area contributed by atoms with E-state index in [1.165, 1.54) is 0 Å². The highest BCUT2D eigenvalue weighted by atomic mass is 28.4. The number of hydrogen-bond donors (Lipinski definition) is 1. The fourth-order valence-electron chi connectivity index (χ4n) is 4.27. The number of carbonyl (C=O) groups excluding carboxylic acids is 1. The Morgan fingerprint density at radius 2 is 1.74 bits per heavy atom. The molecule has 7 heteroatoms. The molecule has 2 aliphatic rings. The van der Waals surface area contributed by atoms with Gasteiger partial charge in [0.1, 0.15) is 16.9 Å². The molecule has 6 nitrogen and oxygen atoms in total. The van der Waals surface area contributed by atoms with Gasteiger partial charge in [0.15, 0.2) is 0 Å². The van der Waals surface area contributed by atoms with E-state index < -0.39 is 31.4 Å². The number of aliphatic hydroxyl groups is 1. The Balaban J connectivity index is 1.68. The molecule has 1 N–H and O–H groups in total. The van der Waals surface area contributed by atoms with Crippen molar-refractivity contribution in [3.63, 3.8) is 0 Å². The van der Waals surface area contributed by atoms with Crippen LogP contribution in [0.2, 0.25) is 18.1 Å². The Hall–Kier alpha value is -2.64. The largest absolute Gasteiger partial charge is 0.544 e. The monoisotopic (exact) mass is 481 g/mol. The average molecular weight is 482 g/mol. The maximum atomic E-state index is 12.9. The van der Waals surface area contributed by atoms with Crippen LogP contribution in [-0.4, -0.2) is 37.5 Å². The van der Waals surface area contributed by atoms with Crippen LogP contribution in [0, 0.1) is 5.41 Å². The van der Waals surface area contributed by atoms with Crippen LogP contribution in [0.3, 0.4) is 0 Å². The molecule has 0 bridgehead atoms. The number of carbonyl (C=O) groups is 1. The summed E-state index contributed by atoms with van der Waals surface area (Å²) in [5.41, 5.74) is 1.11. The van der Waals surface area contributed by atoms with Gasteiger partial charge < -0.3 is 19.1 Å². The topological polar surface area (TPSA) is 77.4 Å². The van der Waals surface area contributed by atoms with Crippen molar-refractivity contribution in [2.24, 2.45) is 10.6 Å². The summed E-state index contributed by atoms with van der Waals surface area (Å²) in [5.74, 6) is -2.07. The van der Waals surface area contributed by atoms with Crippen molar-refractivity contribution >= 4 is 20.0 Å². The molecule has 0 saturated heterocycles. The van der Waals surface area contributed by atoms with Crippen LogP contribution in [0.15, 0.2) is 59.8 Å². The van der Waals surface area contributed by atoms with E-state index in [-0.39, 0.29) is 11.6 Å². The second-order valence-electron chi connectivity index (χ2n) is 10.8. The highest BCUT2D eigenvalue weighted by Gasteiger charge is 2.73. The van der Waals surface area contributed by atoms with Crippen LogP contribution in [0.4, 0.5) is 0 Å². The lowest BCUT2D eigenvalue weighted by atomic mass is 9.76. The van der Waals surface area contributed by atoms with E-state index in [1.807, 2.05) is 54.6 Å². The van der Waals surface area contributed by atoms with Gasteiger partial charge in [-0.1, -0.05) is 56.3 Å². The Morgan fingerprint density at radius 1 is 1.12 bits per heavy atom. The molecule has 1 aliphatic carbocycles. The van der Waals surface area contributed by atoms with Crippen molar-refractivity contribution in [2.75, 3.05) is 6.61 Å². The smallest absolute Gasteiger partial charge is 0.318 e. The third-order valence-electron chi connectivity index (χ3n) is 7.51. The maximum Gasteiger partial charge on any atom is 0.318 e. The summed E-state index contributed by atoms with van der Waals surface area (Å²) in [6.45, 7) is 13.1. The van der Waals surface area contributed by atoms with Crippen molar-refractivity contribution in [3.05, 3.63) is 65.7 Å². The predicted molar refractivity (Wildman–Crippen MR) is 134 cm³/mol. The first-order valence-electron chi connectivity index (χ1n) is 12.0. The van der Waals surface area contributed by atoms with Crippen molar-refractivity contribution in [1.82, 2.24) is 0 Å². The summed E-state index contributed by atoms with van der Waals surface area (Å²) < 4.78 is 11.7. The van der Waals surface area contributed by atoms with Gasteiger partial charge in [-0.25, -0.2) is 0 Å². The quantitative estimate of drug-likeness (QED) is 0.410. The number of rotatable bonds is 7. The van der Waals surface area contributed by atoms with Gasteiger partial charge >= 0.3 is 5.97 Å². The third-order valence-corrected chi connectivity index (χ3v) is 11.9. The van der Waals surface area contributed by atoms with Crippen LogP contribution in [0.1, 0.15) is 57.6 Å². The first kappa shape index (κ1) is 24.5. The van der Waals surface area contributed by atoms with Gasteiger partial charge in [-0.15, -0.1) is 0 Å². The number of nitrogens with zero attached hydrogens (tertiary/aromatic N) is 1. The summed E-state index contributed by atoms with van der Waals surface area (Å²) >= 11 is 0. The molecule has 0 radical (unpaired) electrons. The Morgan fingerprint density at radius 3 is 2.26 bits per heavy atom. The number of esters is 1. The van der Waals surface area contributed by atoms with Gasteiger partial charge in [-0.05, 0) is 67.7 Å². The van der Waals surface area contributed by atoms with Gasteiger partial charge in [-0.2, -0.15) is 0 Å². The SMILES string of the molecule is CCOC(=O)C1(C2(O)ON=C(c3ccc(O[Si](C)(C)C(C)(C)C)cc3)C2c2ccccc2)CC1. The molecule has 2 aromatic rings. The van der Waals surface area contributed by atoms with E-state index in [9.17, 15) is 9.90 Å². The predicted octanol–water partition coefficient (Wildman–Crippen LogP) is 5.62. The molecular formula is C27H35NO5Si. The maximum absolute atomic E-state index is 12.9. The number of hydrogen-bond acceptors (Lipinski definition) is 6. The van der Waals surface area contributed by atoms with Crippen LogP contribution >= 0.6 is 0 Å². The molecule has 1 aliphatic heterocycles. The minimum atomic E-state index is -1.97. The van der Waals surface area contributed by atoms with Crippen molar-refractivity contribution in [3.8, 4) is 5.75 Å². The molecule has 4 rings (SSSR count). The fraction of sp³-hybridized carbons (Fsp3) is 0.481. The highest BCUT2D eigenvalue weighted by Crippen LogP contribution is 2.62.